The number of Topliss-reactive ketones (excluding diaryl/α,β-unsaturated/α-hetero) is 1. The quantitative estimate of drug-likeness (QED) is 0.806. The number of carbonyl (C=O) groups excluding carboxylic acids is 1. The molecule has 0 saturated carbocycles. The zero-order valence-electron chi connectivity index (χ0n) is 10.8. The van der Waals surface area contributed by atoms with Gasteiger partial charge in [-0.1, -0.05) is 18.2 Å². The van der Waals surface area contributed by atoms with E-state index in [9.17, 15) is 13.6 Å². The Morgan fingerprint density at radius 3 is 2.55 bits per heavy atom. The summed E-state index contributed by atoms with van der Waals surface area (Å²) in [4.78, 5) is 11.7. The van der Waals surface area contributed by atoms with Crippen LogP contribution in [0.25, 0.3) is 0 Å². The number of ketones is 1. The average molecular weight is 276 g/mol. The van der Waals surface area contributed by atoms with Crippen LogP contribution in [-0.2, 0) is 11.2 Å². The van der Waals surface area contributed by atoms with Gasteiger partial charge in [-0.3, -0.25) is 4.79 Å². The number of carbonyl (C=O) groups is 1. The third-order valence-electron chi connectivity index (χ3n) is 2.79. The Kier molecular flexibility index (Phi) is 4.82. The summed E-state index contributed by atoms with van der Waals surface area (Å²) >= 11 is 0. The summed E-state index contributed by atoms with van der Waals surface area (Å²) in [5, 5.41) is 0. The van der Waals surface area contributed by atoms with Crippen molar-refractivity contribution in [3.8, 4) is 5.75 Å². The first-order chi connectivity index (χ1) is 9.65. The van der Waals surface area contributed by atoms with Crippen molar-refractivity contribution in [3.63, 3.8) is 0 Å². The molecule has 0 N–H and O–H groups in total. The lowest BCUT2D eigenvalue weighted by atomic mass is 10.1. The molecule has 2 rings (SSSR count). The second kappa shape index (κ2) is 6.80. The predicted molar refractivity (Wildman–Crippen MR) is 71.6 cm³/mol. The van der Waals surface area contributed by atoms with E-state index in [1.807, 2.05) is 18.2 Å². The van der Waals surface area contributed by atoms with Gasteiger partial charge in [-0.25, -0.2) is 8.78 Å². The van der Waals surface area contributed by atoms with Crippen LogP contribution < -0.4 is 4.74 Å². The molecule has 2 nitrogen and oxygen atoms in total. The molecule has 0 aliphatic heterocycles. The summed E-state index contributed by atoms with van der Waals surface area (Å²) in [7, 11) is 0. The number of para-hydroxylation sites is 1. The molecule has 104 valence electrons. The first-order valence-electron chi connectivity index (χ1n) is 6.28. The van der Waals surface area contributed by atoms with Crippen LogP contribution in [0.1, 0.15) is 12.0 Å². The lowest BCUT2D eigenvalue weighted by Crippen LogP contribution is -2.10. The summed E-state index contributed by atoms with van der Waals surface area (Å²) in [5.74, 6) is -0.624. The fourth-order valence-electron chi connectivity index (χ4n) is 1.78. The van der Waals surface area contributed by atoms with Crippen LogP contribution in [0.5, 0.6) is 5.75 Å². The highest BCUT2D eigenvalue weighted by Crippen LogP contribution is 2.12. The van der Waals surface area contributed by atoms with Gasteiger partial charge in [-0.2, -0.15) is 0 Å². The molecular weight excluding hydrogens is 262 g/mol. The Bertz CT molecular complexity index is 582. The van der Waals surface area contributed by atoms with Crippen molar-refractivity contribution in [1.29, 1.82) is 0 Å². The lowest BCUT2D eigenvalue weighted by molar-refractivity contribution is -0.118. The van der Waals surface area contributed by atoms with E-state index in [1.54, 1.807) is 12.1 Å². The van der Waals surface area contributed by atoms with Crippen molar-refractivity contribution in [2.45, 2.75) is 12.8 Å². The van der Waals surface area contributed by atoms with Crippen LogP contribution in [0.3, 0.4) is 0 Å². The number of halogens is 2. The van der Waals surface area contributed by atoms with Crippen molar-refractivity contribution >= 4 is 5.78 Å². The van der Waals surface area contributed by atoms with Gasteiger partial charge in [0.05, 0.1) is 6.61 Å². The zero-order chi connectivity index (χ0) is 14.4. The van der Waals surface area contributed by atoms with Gasteiger partial charge in [0.1, 0.15) is 23.2 Å². The van der Waals surface area contributed by atoms with Crippen LogP contribution >= 0.6 is 0 Å². The van der Waals surface area contributed by atoms with E-state index < -0.39 is 11.6 Å². The van der Waals surface area contributed by atoms with Crippen molar-refractivity contribution < 1.29 is 18.3 Å². The molecule has 0 amide bonds. The lowest BCUT2D eigenvalue weighted by Gasteiger charge is -2.06. The Balaban J connectivity index is 1.82. The fraction of sp³-hybridized carbons (Fsp3) is 0.188. The largest absolute Gasteiger partial charge is 0.493 e. The smallest absolute Gasteiger partial charge is 0.140 e. The molecule has 0 aliphatic rings. The van der Waals surface area contributed by atoms with Crippen LogP contribution in [0.4, 0.5) is 8.78 Å². The van der Waals surface area contributed by atoms with E-state index in [0.717, 1.165) is 18.2 Å². The number of benzene rings is 2. The van der Waals surface area contributed by atoms with Gasteiger partial charge in [0.2, 0.25) is 0 Å². The fourth-order valence-corrected chi connectivity index (χ4v) is 1.78. The summed E-state index contributed by atoms with van der Waals surface area (Å²) in [6.07, 6.45) is 0.0343. The van der Waals surface area contributed by atoms with E-state index in [4.69, 9.17) is 4.74 Å². The molecule has 4 heteroatoms. The topological polar surface area (TPSA) is 26.3 Å². The summed E-state index contributed by atoms with van der Waals surface area (Å²) in [6.45, 7) is 0.222. The predicted octanol–water partition coefficient (Wildman–Crippen LogP) is 3.55. The van der Waals surface area contributed by atoms with Crippen LogP contribution in [0.2, 0.25) is 0 Å². The molecule has 0 fully saturated rings. The van der Waals surface area contributed by atoms with E-state index >= 15 is 0 Å². The summed E-state index contributed by atoms with van der Waals surface area (Å²) in [5.41, 5.74) is 0.0784. The van der Waals surface area contributed by atoms with Gasteiger partial charge in [0, 0.05) is 12.8 Å². The van der Waals surface area contributed by atoms with Gasteiger partial charge >= 0.3 is 0 Å². The minimum absolute atomic E-state index is 0.0784. The first kappa shape index (κ1) is 14.2. The molecule has 0 saturated heterocycles. The SMILES string of the molecule is O=C(CCOc1ccccc1)Cc1cc(F)ccc1F. The Hall–Kier alpha value is -2.23. The van der Waals surface area contributed by atoms with Gasteiger partial charge in [0.25, 0.3) is 0 Å². The number of rotatable bonds is 6. The van der Waals surface area contributed by atoms with Crippen molar-refractivity contribution in [2.24, 2.45) is 0 Å². The third-order valence-corrected chi connectivity index (χ3v) is 2.79. The molecule has 0 atom stereocenters. The Morgan fingerprint density at radius 2 is 1.80 bits per heavy atom. The van der Waals surface area contributed by atoms with E-state index in [-0.39, 0.29) is 30.8 Å². The van der Waals surface area contributed by atoms with Gasteiger partial charge < -0.3 is 4.74 Å². The molecule has 0 aliphatic carbocycles. The van der Waals surface area contributed by atoms with Gasteiger partial charge in [-0.05, 0) is 35.9 Å². The monoisotopic (exact) mass is 276 g/mol. The minimum Gasteiger partial charge on any atom is -0.493 e. The van der Waals surface area contributed by atoms with Gasteiger partial charge in [-0.15, -0.1) is 0 Å². The molecule has 0 bridgehead atoms. The summed E-state index contributed by atoms with van der Waals surface area (Å²) < 4.78 is 31.7. The second-order valence-electron chi connectivity index (χ2n) is 4.36. The highest BCUT2D eigenvalue weighted by Gasteiger charge is 2.09. The molecule has 0 unspecified atom stereocenters. The molecule has 0 heterocycles. The molecule has 20 heavy (non-hydrogen) atoms. The number of ether oxygens (including phenoxy) is 1. The maximum atomic E-state index is 13.4. The van der Waals surface area contributed by atoms with Crippen molar-refractivity contribution in [3.05, 3.63) is 65.7 Å². The molecule has 0 aromatic heterocycles. The van der Waals surface area contributed by atoms with Gasteiger partial charge in [0.15, 0.2) is 0 Å². The Morgan fingerprint density at radius 1 is 1.05 bits per heavy atom. The second-order valence-corrected chi connectivity index (χ2v) is 4.36. The maximum Gasteiger partial charge on any atom is 0.140 e. The van der Waals surface area contributed by atoms with E-state index in [1.165, 1.54) is 0 Å². The molecule has 2 aromatic carbocycles. The normalized spacial score (nSPS) is 10.3. The highest BCUT2D eigenvalue weighted by molar-refractivity contribution is 5.81. The maximum absolute atomic E-state index is 13.4. The molecular formula is C16H14F2O2. The number of hydrogen-bond donors (Lipinski definition) is 0. The molecule has 2 aromatic rings. The van der Waals surface area contributed by atoms with E-state index in [2.05, 4.69) is 0 Å². The van der Waals surface area contributed by atoms with Crippen molar-refractivity contribution in [2.75, 3.05) is 6.61 Å². The van der Waals surface area contributed by atoms with Crippen LogP contribution in [0, 0.1) is 11.6 Å². The third kappa shape index (κ3) is 4.16. The summed E-state index contributed by atoms with van der Waals surface area (Å²) in [6, 6.07) is 12.2. The van der Waals surface area contributed by atoms with E-state index in [0.29, 0.717) is 5.75 Å². The standard InChI is InChI=1S/C16H14F2O2/c17-13-6-7-16(18)12(10-13)11-14(19)8-9-20-15-4-2-1-3-5-15/h1-7,10H,8-9,11H2. The highest BCUT2D eigenvalue weighted by atomic mass is 19.1. The minimum atomic E-state index is -0.566. The van der Waals surface area contributed by atoms with Crippen LogP contribution in [0.15, 0.2) is 48.5 Å². The first-order valence-corrected chi connectivity index (χ1v) is 6.28. The van der Waals surface area contributed by atoms with Crippen molar-refractivity contribution in [1.82, 2.24) is 0 Å². The molecule has 0 radical (unpaired) electrons. The average Bonchev–Trinajstić information content (AvgIpc) is 2.44. The van der Waals surface area contributed by atoms with Crippen LogP contribution in [-0.4, -0.2) is 12.4 Å². The Labute approximate surface area is 116 Å². The number of hydrogen-bond acceptors (Lipinski definition) is 2. The zero-order valence-corrected chi connectivity index (χ0v) is 10.8. The molecule has 0 spiro atoms.